The van der Waals surface area contributed by atoms with Gasteiger partial charge in [0, 0.05) is 5.56 Å². The van der Waals surface area contributed by atoms with Gasteiger partial charge in [0.25, 0.3) is 0 Å². The van der Waals surface area contributed by atoms with Crippen molar-refractivity contribution in [2.45, 2.75) is 64.1 Å². The summed E-state index contributed by atoms with van der Waals surface area (Å²) in [6.45, 7) is 7.29. The van der Waals surface area contributed by atoms with Crippen molar-refractivity contribution in [3.8, 4) is 11.8 Å². The molecule has 0 radical (unpaired) electrons. The van der Waals surface area contributed by atoms with Crippen LogP contribution in [-0.2, 0) is 15.9 Å². The van der Waals surface area contributed by atoms with Gasteiger partial charge in [-0.05, 0) is 61.6 Å². The predicted molar refractivity (Wildman–Crippen MR) is 107 cm³/mol. The highest BCUT2D eigenvalue weighted by molar-refractivity contribution is 5.36. The smallest absolute Gasteiger partial charge is 0.141 e. The maximum atomic E-state index is 6.13. The van der Waals surface area contributed by atoms with E-state index >= 15 is 0 Å². The normalized spacial score (nSPS) is 28.8. The zero-order valence-electron chi connectivity index (χ0n) is 16.1. The van der Waals surface area contributed by atoms with Crippen LogP contribution in [0.3, 0.4) is 0 Å². The minimum absolute atomic E-state index is 0.0963. The first-order valence-corrected chi connectivity index (χ1v) is 10.2. The molecule has 0 N–H and O–H groups in total. The van der Waals surface area contributed by atoms with Crippen LogP contribution in [0.4, 0.5) is 0 Å². The zero-order chi connectivity index (χ0) is 18.2. The number of hydrogen-bond acceptors (Lipinski definition) is 2. The largest absolute Gasteiger partial charge is 0.372 e. The molecule has 2 nitrogen and oxygen atoms in total. The molecule has 140 valence electrons. The Kier molecular flexibility index (Phi) is 7.35. The molecule has 0 aromatic heterocycles. The molecule has 0 bridgehead atoms. The lowest BCUT2D eigenvalue weighted by Gasteiger charge is -2.36. The quantitative estimate of drug-likeness (QED) is 0.538. The van der Waals surface area contributed by atoms with Crippen molar-refractivity contribution < 1.29 is 9.47 Å². The van der Waals surface area contributed by atoms with Crippen molar-refractivity contribution in [2.24, 2.45) is 11.8 Å². The summed E-state index contributed by atoms with van der Waals surface area (Å²) in [6, 6.07) is 8.46. The second-order valence-electron chi connectivity index (χ2n) is 7.66. The van der Waals surface area contributed by atoms with Gasteiger partial charge in [0.2, 0.25) is 0 Å². The summed E-state index contributed by atoms with van der Waals surface area (Å²) in [6.07, 6.45) is 10.9. The SMILES string of the molecule is C=CCCC1CCC(C2CO[C@@H](C#Cc3ccc(CC)cc3)CO2)CC1. The van der Waals surface area contributed by atoms with Gasteiger partial charge in [-0.2, -0.15) is 0 Å². The van der Waals surface area contributed by atoms with Gasteiger partial charge >= 0.3 is 0 Å². The minimum Gasteiger partial charge on any atom is -0.372 e. The molecule has 2 aliphatic rings. The van der Waals surface area contributed by atoms with Crippen molar-refractivity contribution in [2.75, 3.05) is 13.2 Å². The monoisotopic (exact) mass is 352 g/mol. The summed E-state index contributed by atoms with van der Waals surface area (Å²) in [5.41, 5.74) is 2.39. The standard InChI is InChI=1S/C24H32O2/c1-3-5-6-20-11-14-22(15-12-20)24-18-25-23(17-26-24)16-13-21-9-7-19(4-2)8-10-21/h3,7-10,20,22-24H,1,4-6,11-12,14-15,17-18H2,2H3/t20?,22?,23-,24?/m0/s1. The third kappa shape index (κ3) is 5.47. The molecule has 1 aliphatic heterocycles. The molecule has 1 aliphatic carbocycles. The van der Waals surface area contributed by atoms with E-state index in [0.717, 1.165) is 24.3 Å². The Morgan fingerprint density at radius 1 is 1.08 bits per heavy atom. The molecule has 3 rings (SSSR count). The predicted octanol–water partition coefficient (Wildman–Crippen LogP) is 5.16. The first kappa shape index (κ1) is 19.2. The van der Waals surface area contributed by atoms with Crippen molar-refractivity contribution in [3.63, 3.8) is 0 Å². The molecule has 1 unspecified atom stereocenters. The van der Waals surface area contributed by atoms with E-state index < -0.39 is 0 Å². The Balaban J connectivity index is 1.42. The van der Waals surface area contributed by atoms with Crippen LogP contribution in [0.2, 0.25) is 0 Å². The first-order chi connectivity index (χ1) is 12.8. The number of rotatable bonds is 5. The summed E-state index contributed by atoms with van der Waals surface area (Å²) in [5, 5.41) is 0. The molecule has 0 amide bonds. The fourth-order valence-electron chi connectivity index (χ4n) is 4.06. The second kappa shape index (κ2) is 9.95. The van der Waals surface area contributed by atoms with Gasteiger partial charge in [-0.15, -0.1) is 6.58 Å². The molecular formula is C24H32O2. The van der Waals surface area contributed by atoms with E-state index in [1.165, 1.54) is 37.7 Å². The van der Waals surface area contributed by atoms with Crippen LogP contribution in [-0.4, -0.2) is 25.4 Å². The van der Waals surface area contributed by atoms with E-state index in [1.54, 1.807) is 0 Å². The van der Waals surface area contributed by atoms with Crippen molar-refractivity contribution in [3.05, 3.63) is 48.0 Å². The Labute approximate surface area is 159 Å². The lowest BCUT2D eigenvalue weighted by atomic mass is 9.77. The molecule has 1 aromatic rings. The fraction of sp³-hybridized carbons (Fsp3) is 0.583. The zero-order valence-corrected chi connectivity index (χ0v) is 16.1. The molecule has 1 heterocycles. The molecule has 1 aromatic carbocycles. The Hall–Kier alpha value is -1.56. The molecule has 2 fully saturated rings. The van der Waals surface area contributed by atoms with Crippen molar-refractivity contribution >= 4 is 0 Å². The Morgan fingerprint density at radius 3 is 2.46 bits per heavy atom. The summed E-state index contributed by atoms with van der Waals surface area (Å²) >= 11 is 0. The van der Waals surface area contributed by atoms with E-state index in [-0.39, 0.29) is 12.2 Å². The maximum Gasteiger partial charge on any atom is 0.141 e. The van der Waals surface area contributed by atoms with Crippen LogP contribution in [0.15, 0.2) is 36.9 Å². The average Bonchev–Trinajstić information content (AvgIpc) is 2.72. The highest BCUT2D eigenvalue weighted by atomic mass is 16.6. The minimum atomic E-state index is -0.0963. The Morgan fingerprint density at radius 2 is 1.85 bits per heavy atom. The second-order valence-corrected chi connectivity index (χ2v) is 7.66. The molecule has 2 atom stereocenters. The van der Waals surface area contributed by atoms with Gasteiger partial charge in [0.15, 0.2) is 0 Å². The molecule has 2 heteroatoms. The van der Waals surface area contributed by atoms with Crippen molar-refractivity contribution in [1.29, 1.82) is 0 Å². The van der Waals surface area contributed by atoms with Gasteiger partial charge in [-0.1, -0.05) is 49.8 Å². The maximum absolute atomic E-state index is 6.13. The van der Waals surface area contributed by atoms with E-state index in [4.69, 9.17) is 9.47 Å². The van der Waals surface area contributed by atoms with Crippen LogP contribution in [0.5, 0.6) is 0 Å². The van der Waals surface area contributed by atoms with Gasteiger partial charge in [0.05, 0.1) is 19.3 Å². The summed E-state index contributed by atoms with van der Waals surface area (Å²) in [5.74, 6) is 7.98. The third-order valence-corrected chi connectivity index (χ3v) is 5.86. The third-order valence-electron chi connectivity index (χ3n) is 5.86. The summed E-state index contributed by atoms with van der Waals surface area (Å²) < 4.78 is 12.1. The topological polar surface area (TPSA) is 18.5 Å². The molecular weight excluding hydrogens is 320 g/mol. The first-order valence-electron chi connectivity index (χ1n) is 10.2. The molecule has 1 saturated heterocycles. The number of benzene rings is 1. The van der Waals surface area contributed by atoms with Crippen LogP contribution in [0, 0.1) is 23.7 Å². The fourth-order valence-corrected chi connectivity index (χ4v) is 4.06. The van der Waals surface area contributed by atoms with Gasteiger partial charge in [-0.3, -0.25) is 0 Å². The van der Waals surface area contributed by atoms with Gasteiger partial charge < -0.3 is 9.47 Å². The number of aryl methyl sites for hydroxylation is 1. The van der Waals surface area contributed by atoms with Crippen LogP contribution < -0.4 is 0 Å². The Bertz CT molecular complexity index is 606. The highest BCUT2D eigenvalue weighted by Gasteiger charge is 2.31. The van der Waals surface area contributed by atoms with Crippen LogP contribution in [0.25, 0.3) is 0 Å². The van der Waals surface area contributed by atoms with Crippen LogP contribution >= 0.6 is 0 Å². The van der Waals surface area contributed by atoms with E-state index in [0.29, 0.717) is 19.1 Å². The molecule has 26 heavy (non-hydrogen) atoms. The summed E-state index contributed by atoms with van der Waals surface area (Å²) in [4.78, 5) is 0. The van der Waals surface area contributed by atoms with E-state index in [9.17, 15) is 0 Å². The molecule has 1 saturated carbocycles. The average molecular weight is 353 g/mol. The summed E-state index contributed by atoms with van der Waals surface area (Å²) in [7, 11) is 0. The lowest BCUT2D eigenvalue weighted by molar-refractivity contribution is -0.138. The van der Waals surface area contributed by atoms with Gasteiger partial charge in [0.1, 0.15) is 6.10 Å². The number of allylic oxidation sites excluding steroid dienone is 1. The van der Waals surface area contributed by atoms with Crippen molar-refractivity contribution in [1.82, 2.24) is 0 Å². The van der Waals surface area contributed by atoms with E-state index in [1.807, 2.05) is 6.08 Å². The van der Waals surface area contributed by atoms with Gasteiger partial charge in [-0.25, -0.2) is 0 Å². The van der Waals surface area contributed by atoms with E-state index in [2.05, 4.69) is 49.6 Å². The lowest BCUT2D eigenvalue weighted by Crippen LogP contribution is -2.40. The van der Waals surface area contributed by atoms with Crippen LogP contribution in [0.1, 0.15) is 56.6 Å². The number of hydrogen-bond donors (Lipinski definition) is 0. The highest BCUT2D eigenvalue weighted by Crippen LogP contribution is 2.35. The molecule has 0 spiro atoms. The number of ether oxygens (including phenoxy) is 2.